The lowest BCUT2D eigenvalue weighted by atomic mass is 9.86. The Balaban J connectivity index is 2.16. The van der Waals surface area contributed by atoms with Crippen LogP contribution in [-0.4, -0.2) is 11.8 Å². The highest BCUT2D eigenvalue weighted by atomic mass is 35.5. The van der Waals surface area contributed by atoms with E-state index in [1.807, 2.05) is 39.0 Å². The van der Waals surface area contributed by atoms with Gasteiger partial charge in [0.15, 0.2) is 0 Å². The molecule has 2 rings (SSSR count). The third kappa shape index (κ3) is 4.15. The summed E-state index contributed by atoms with van der Waals surface area (Å²) in [6, 6.07) is 12.6. The average molecular weight is 345 g/mol. The van der Waals surface area contributed by atoms with E-state index in [0.717, 1.165) is 11.1 Å². The largest absolute Gasteiger partial charge is 0.318 e. The number of benzene rings is 2. The summed E-state index contributed by atoms with van der Waals surface area (Å²) in [4.78, 5) is 24.4. The summed E-state index contributed by atoms with van der Waals surface area (Å²) in [6.07, 6.45) is 0. The first kappa shape index (κ1) is 18.0. The highest BCUT2D eigenvalue weighted by Gasteiger charge is 2.21. The highest BCUT2D eigenvalue weighted by Crippen LogP contribution is 2.29. The fourth-order valence-electron chi connectivity index (χ4n) is 2.35. The Labute approximate surface area is 147 Å². The predicted molar refractivity (Wildman–Crippen MR) is 98.6 cm³/mol. The molecular weight excluding hydrogens is 324 g/mol. The van der Waals surface area contributed by atoms with Crippen molar-refractivity contribution in [2.24, 2.45) is 0 Å². The zero-order chi connectivity index (χ0) is 17.9. The van der Waals surface area contributed by atoms with Gasteiger partial charge in [-0.3, -0.25) is 9.59 Å². The molecule has 126 valence electrons. The van der Waals surface area contributed by atoms with E-state index in [-0.39, 0.29) is 5.41 Å². The number of carbonyl (C=O) groups is 2. The van der Waals surface area contributed by atoms with Gasteiger partial charge in [0.05, 0.1) is 0 Å². The maximum absolute atomic E-state index is 12.2. The molecule has 0 aromatic heterocycles. The normalized spacial score (nSPS) is 11.0. The van der Waals surface area contributed by atoms with Crippen molar-refractivity contribution in [2.45, 2.75) is 33.1 Å². The van der Waals surface area contributed by atoms with Crippen LogP contribution in [0.15, 0.2) is 42.5 Å². The van der Waals surface area contributed by atoms with Crippen LogP contribution >= 0.6 is 11.6 Å². The van der Waals surface area contributed by atoms with E-state index in [2.05, 4.69) is 10.6 Å². The van der Waals surface area contributed by atoms with E-state index in [9.17, 15) is 9.59 Å². The zero-order valence-electron chi connectivity index (χ0n) is 14.2. The summed E-state index contributed by atoms with van der Waals surface area (Å²) < 4.78 is 0. The van der Waals surface area contributed by atoms with Gasteiger partial charge in [0, 0.05) is 16.4 Å². The van der Waals surface area contributed by atoms with Crippen molar-refractivity contribution in [1.82, 2.24) is 0 Å². The maximum atomic E-state index is 12.2. The third-order valence-electron chi connectivity index (χ3n) is 3.71. The Bertz CT molecular complexity index is 779. The lowest BCUT2D eigenvalue weighted by molar-refractivity contribution is -0.133. The van der Waals surface area contributed by atoms with E-state index < -0.39 is 11.8 Å². The SMILES string of the molecule is Cc1c(Cl)cccc1NC(=O)C(=O)Nc1ccccc1C(C)(C)C. The van der Waals surface area contributed by atoms with Crippen LogP contribution < -0.4 is 10.6 Å². The predicted octanol–water partition coefficient (Wildman–Crippen LogP) is 4.52. The molecule has 2 amide bonds. The zero-order valence-corrected chi connectivity index (χ0v) is 15.0. The summed E-state index contributed by atoms with van der Waals surface area (Å²) >= 11 is 6.03. The van der Waals surface area contributed by atoms with Crippen LogP contribution in [0.25, 0.3) is 0 Å². The minimum Gasteiger partial charge on any atom is -0.318 e. The van der Waals surface area contributed by atoms with Gasteiger partial charge < -0.3 is 10.6 Å². The van der Waals surface area contributed by atoms with Crippen LogP contribution in [0.4, 0.5) is 11.4 Å². The molecule has 2 N–H and O–H groups in total. The smallest absolute Gasteiger partial charge is 0.314 e. The first-order valence-corrected chi connectivity index (χ1v) is 8.05. The van der Waals surface area contributed by atoms with E-state index in [0.29, 0.717) is 16.4 Å². The summed E-state index contributed by atoms with van der Waals surface area (Å²) in [5.41, 5.74) is 2.68. The number of anilines is 2. The van der Waals surface area contributed by atoms with E-state index in [4.69, 9.17) is 11.6 Å². The van der Waals surface area contributed by atoms with Crippen molar-refractivity contribution in [3.8, 4) is 0 Å². The Hall–Kier alpha value is -2.33. The molecule has 2 aromatic carbocycles. The molecule has 4 nitrogen and oxygen atoms in total. The quantitative estimate of drug-likeness (QED) is 0.787. The van der Waals surface area contributed by atoms with Crippen LogP contribution in [0, 0.1) is 6.92 Å². The van der Waals surface area contributed by atoms with E-state index in [1.54, 1.807) is 31.2 Å². The van der Waals surface area contributed by atoms with E-state index in [1.165, 1.54) is 0 Å². The molecule has 0 aliphatic heterocycles. The Kier molecular flexibility index (Phi) is 5.30. The van der Waals surface area contributed by atoms with Crippen molar-refractivity contribution in [3.05, 3.63) is 58.6 Å². The number of halogens is 1. The fourth-order valence-corrected chi connectivity index (χ4v) is 2.52. The Morgan fingerprint density at radius 1 is 0.875 bits per heavy atom. The number of para-hydroxylation sites is 1. The molecule has 0 saturated carbocycles. The highest BCUT2D eigenvalue weighted by molar-refractivity contribution is 6.44. The molecule has 2 aromatic rings. The molecule has 0 fully saturated rings. The van der Waals surface area contributed by atoms with Gasteiger partial charge in [0.1, 0.15) is 0 Å². The van der Waals surface area contributed by atoms with Gasteiger partial charge in [-0.15, -0.1) is 0 Å². The number of nitrogens with one attached hydrogen (secondary N) is 2. The van der Waals surface area contributed by atoms with Crippen LogP contribution in [0.3, 0.4) is 0 Å². The third-order valence-corrected chi connectivity index (χ3v) is 4.11. The van der Waals surface area contributed by atoms with Gasteiger partial charge in [0.25, 0.3) is 0 Å². The Morgan fingerprint density at radius 3 is 2.04 bits per heavy atom. The summed E-state index contributed by atoms with van der Waals surface area (Å²) in [5, 5.41) is 5.81. The monoisotopic (exact) mass is 344 g/mol. The molecule has 0 spiro atoms. The van der Waals surface area contributed by atoms with Crippen LogP contribution in [0.2, 0.25) is 5.02 Å². The number of carbonyl (C=O) groups excluding carboxylic acids is 2. The molecule has 0 radical (unpaired) electrons. The van der Waals surface area contributed by atoms with Crippen molar-refractivity contribution >= 4 is 34.8 Å². The molecule has 0 atom stereocenters. The molecular formula is C19H21ClN2O2. The Morgan fingerprint density at radius 2 is 1.42 bits per heavy atom. The molecule has 5 heteroatoms. The number of hydrogen-bond acceptors (Lipinski definition) is 2. The maximum Gasteiger partial charge on any atom is 0.314 e. The second-order valence-electron chi connectivity index (χ2n) is 6.62. The van der Waals surface area contributed by atoms with Gasteiger partial charge in [-0.25, -0.2) is 0 Å². The van der Waals surface area contributed by atoms with Crippen LogP contribution in [0.1, 0.15) is 31.9 Å². The van der Waals surface area contributed by atoms with E-state index >= 15 is 0 Å². The molecule has 0 heterocycles. The first-order valence-electron chi connectivity index (χ1n) is 7.67. The number of hydrogen-bond donors (Lipinski definition) is 2. The molecule has 0 saturated heterocycles. The minimum absolute atomic E-state index is 0.149. The summed E-state index contributed by atoms with van der Waals surface area (Å²) in [6.45, 7) is 7.93. The fraction of sp³-hybridized carbons (Fsp3) is 0.263. The molecule has 0 unspecified atom stereocenters. The van der Waals surface area contributed by atoms with Crippen LogP contribution in [0.5, 0.6) is 0 Å². The molecule has 0 aliphatic carbocycles. The van der Waals surface area contributed by atoms with Gasteiger partial charge in [0.2, 0.25) is 0 Å². The second-order valence-corrected chi connectivity index (χ2v) is 7.02. The van der Waals surface area contributed by atoms with Gasteiger partial charge in [-0.2, -0.15) is 0 Å². The molecule has 0 bridgehead atoms. The number of rotatable bonds is 2. The lowest BCUT2D eigenvalue weighted by Gasteiger charge is -2.22. The summed E-state index contributed by atoms with van der Waals surface area (Å²) in [5.74, 6) is -1.45. The van der Waals surface area contributed by atoms with Crippen molar-refractivity contribution in [2.75, 3.05) is 10.6 Å². The first-order chi connectivity index (χ1) is 11.2. The second kappa shape index (κ2) is 7.05. The standard InChI is InChI=1S/C19H21ClN2O2/c1-12-14(20)9-7-11-15(12)21-17(23)18(24)22-16-10-6-5-8-13(16)19(2,3)4/h5-11H,1-4H3,(H,21,23)(H,22,24). The summed E-state index contributed by atoms with van der Waals surface area (Å²) in [7, 11) is 0. The van der Waals surface area contributed by atoms with Crippen molar-refractivity contribution in [1.29, 1.82) is 0 Å². The van der Waals surface area contributed by atoms with Gasteiger partial charge >= 0.3 is 11.8 Å². The average Bonchev–Trinajstić information content (AvgIpc) is 2.51. The topological polar surface area (TPSA) is 58.2 Å². The van der Waals surface area contributed by atoms with Gasteiger partial charge in [-0.05, 0) is 41.7 Å². The van der Waals surface area contributed by atoms with Gasteiger partial charge in [-0.1, -0.05) is 56.6 Å². The van der Waals surface area contributed by atoms with Crippen LogP contribution in [-0.2, 0) is 15.0 Å². The minimum atomic E-state index is -0.732. The number of amides is 2. The lowest BCUT2D eigenvalue weighted by Crippen LogP contribution is -2.30. The van der Waals surface area contributed by atoms with Crippen molar-refractivity contribution in [3.63, 3.8) is 0 Å². The van der Waals surface area contributed by atoms with Crippen molar-refractivity contribution < 1.29 is 9.59 Å². The molecule has 0 aliphatic rings. The molecule has 24 heavy (non-hydrogen) atoms.